The molecule has 1 fully saturated rings. The van der Waals surface area contributed by atoms with Gasteiger partial charge in [0.25, 0.3) is 0 Å². The van der Waals surface area contributed by atoms with E-state index in [1.54, 1.807) is 0 Å². The summed E-state index contributed by atoms with van der Waals surface area (Å²) in [6.45, 7) is 8.03. The van der Waals surface area contributed by atoms with Crippen molar-refractivity contribution in [1.29, 1.82) is 0 Å². The standard InChI is InChI=1S/C16H26N2/c1-13(2)11-14-5-7-15(8-6-14)16-12-17(3)9-10-18(16)4/h5-8,13,16H,9-12H2,1-4H3. The minimum atomic E-state index is 0.553. The van der Waals surface area contributed by atoms with E-state index in [9.17, 15) is 0 Å². The van der Waals surface area contributed by atoms with Crippen molar-refractivity contribution >= 4 is 0 Å². The van der Waals surface area contributed by atoms with E-state index in [1.165, 1.54) is 24.1 Å². The van der Waals surface area contributed by atoms with Crippen molar-refractivity contribution in [3.8, 4) is 0 Å². The van der Waals surface area contributed by atoms with Crippen LogP contribution in [0.5, 0.6) is 0 Å². The van der Waals surface area contributed by atoms with Crippen LogP contribution in [0.3, 0.4) is 0 Å². The predicted molar refractivity (Wildman–Crippen MR) is 77.9 cm³/mol. The Morgan fingerprint density at radius 3 is 2.39 bits per heavy atom. The van der Waals surface area contributed by atoms with Crippen LogP contribution in [0.25, 0.3) is 0 Å². The zero-order chi connectivity index (χ0) is 13.1. The highest BCUT2D eigenvalue weighted by atomic mass is 15.3. The van der Waals surface area contributed by atoms with Crippen LogP contribution in [0, 0.1) is 5.92 Å². The molecule has 0 radical (unpaired) electrons. The molecule has 1 aromatic rings. The second-order valence-corrected chi connectivity index (χ2v) is 6.10. The fraction of sp³-hybridized carbons (Fsp3) is 0.625. The Morgan fingerprint density at radius 1 is 1.11 bits per heavy atom. The number of nitrogens with zero attached hydrogens (tertiary/aromatic N) is 2. The number of benzene rings is 1. The molecular formula is C16H26N2. The fourth-order valence-corrected chi connectivity index (χ4v) is 2.72. The maximum atomic E-state index is 2.47. The van der Waals surface area contributed by atoms with Crippen molar-refractivity contribution < 1.29 is 0 Å². The predicted octanol–water partition coefficient (Wildman–Crippen LogP) is 2.80. The van der Waals surface area contributed by atoms with Gasteiger partial charge in [0.2, 0.25) is 0 Å². The van der Waals surface area contributed by atoms with Gasteiger partial charge in [-0.3, -0.25) is 4.90 Å². The van der Waals surface area contributed by atoms with Crippen LogP contribution in [-0.2, 0) is 6.42 Å². The van der Waals surface area contributed by atoms with Gasteiger partial charge in [0.15, 0.2) is 0 Å². The normalized spacial score (nSPS) is 22.6. The molecule has 0 N–H and O–H groups in total. The molecule has 0 aromatic heterocycles. The van der Waals surface area contributed by atoms with Gasteiger partial charge in [0.05, 0.1) is 0 Å². The van der Waals surface area contributed by atoms with Crippen molar-refractivity contribution in [2.75, 3.05) is 33.7 Å². The highest BCUT2D eigenvalue weighted by Gasteiger charge is 2.23. The SMILES string of the molecule is CC(C)Cc1ccc(C2CN(C)CCN2C)cc1. The van der Waals surface area contributed by atoms with Crippen molar-refractivity contribution in [2.24, 2.45) is 5.92 Å². The molecule has 0 amide bonds. The van der Waals surface area contributed by atoms with Gasteiger partial charge in [-0.05, 0) is 37.6 Å². The second kappa shape index (κ2) is 5.85. The molecule has 2 rings (SSSR count). The van der Waals surface area contributed by atoms with Gasteiger partial charge in [0, 0.05) is 25.7 Å². The summed E-state index contributed by atoms with van der Waals surface area (Å²) in [7, 11) is 4.45. The fourth-order valence-electron chi connectivity index (χ4n) is 2.72. The van der Waals surface area contributed by atoms with Gasteiger partial charge < -0.3 is 4.90 Å². The number of likely N-dealkylation sites (N-methyl/N-ethyl adjacent to an activating group) is 2. The topological polar surface area (TPSA) is 6.48 Å². The Hall–Kier alpha value is -0.860. The molecule has 0 aliphatic carbocycles. The molecule has 0 bridgehead atoms. The van der Waals surface area contributed by atoms with Gasteiger partial charge >= 0.3 is 0 Å². The van der Waals surface area contributed by atoms with Crippen molar-refractivity contribution in [3.63, 3.8) is 0 Å². The first kappa shape index (κ1) is 13.6. The summed E-state index contributed by atoms with van der Waals surface area (Å²) in [5, 5.41) is 0. The van der Waals surface area contributed by atoms with Crippen molar-refractivity contribution in [3.05, 3.63) is 35.4 Å². The third-order valence-corrected chi connectivity index (χ3v) is 3.86. The summed E-state index contributed by atoms with van der Waals surface area (Å²) >= 11 is 0. The Morgan fingerprint density at radius 2 is 1.78 bits per heavy atom. The van der Waals surface area contributed by atoms with Crippen molar-refractivity contribution in [1.82, 2.24) is 9.80 Å². The minimum absolute atomic E-state index is 0.553. The quantitative estimate of drug-likeness (QED) is 0.809. The zero-order valence-corrected chi connectivity index (χ0v) is 12.2. The van der Waals surface area contributed by atoms with E-state index in [-0.39, 0.29) is 0 Å². The van der Waals surface area contributed by atoms with Gasteiger partial charge in [-0.15, -0.1) is 0 Å². The van der Waals surface area contributed by atoms with Crippen molar-refractivity contribution in [2.45, 2.75) is 26.3 Å². The Bertz CT molecular complexity index is 369. The number of piperazine rings is 1. The summed E-state index contributed by atoms with van der Waals surface area (Å²) in [5.74, 6) is 0.735. The lowest BCUT2D eigenvalue weighted by atomic mass is 9.98. The average Bonchev–Trinajstić information content (AvgIpc) is 2.33. The Labute approximate surface area is 112 Å². The third kappa shape index (κ3) is 3.33. The molecule has 1 aromatic carbocycles. The molecule has 1 aliphatic rings. The van der Waals surface area contributed by atoms with Crippen LogP contribution in [0.2, 0.25) is 0 Å². The summed E-state index contributed by atoms with van der Waals surface area (Å²) in [4.78, 5) is 4.89. The maximum Gasteiger partial charge on any atom is 0.0472 e. The van der Waals surface area contributed by atoms with E-state index in [0.717, 1.165) is 19.0 Å². The van der Waals surface area contributed by atoms with Crippen LogP contribution in [0.4, 0.5) is 0 Å². The van der Waals surface area contributed by atoms with E-state index in [1.807, 2.05) is 0 Å². The highest BCUT2D eigenvalue weighted by Crippen LogP contribution is 2.24. The second-order valence-electron chi connectivity index (χ2n) is 6.10. The van der Waals surface area contributed by atoms with Crippen LogP contribution in [-0.4, -0.2) is 43.5 Å². The van der Waals surface area contributed by atoms with Crippen LogP contribution in [0.15, 0.2) is 24.3 Å². The first-order chi connectivity index (χ1) is 8.56. The molecular weight excluding hydrogens is 220 g/mol. The first-order valence-electron chi connectivity index (χ1n) is 7.04. The van der Waals surface area contributed by atoms with Crippen LogP contribution >= 0.6 is 0 Å². The minimum Gasteiger partial charge on any atom is -0.303 e. The van der Waals surface area contributed by atoms with Gasteiger partial charge in [0.1, 0.15) is 0 Å². The Balaban J connectivity index is 2.08. The number of hydrogen-bond donors (Lipinski definition) is 0. The molecule has 1 atom stereocenters. The van der Waals surface area contributed by atoms with Gasteiger partial charge in [-0.1, -0.05) is 38.1 Å². The molecule has 2 nitrogen and oxygen atoms in total. The van der Waals surface area contributed by atoms with E-state index in [2.05, 4.69) is 62.0 Å². The van der Waals surface area contributed by atoms with Gasteiger partial charge in [-0.25, -0.2) is 0 Å². The van der Waals surface area contributed by atoms with E-state index >= 15 is 0 Å². The summed E-state index contributed by atoms with van der Waals surface area (Å²) in [5.41, 5.74) is 2.91. The summed E-state index contributed by atoms with van der Waals surface area (Å²) in [6.07, 6.45) is 1.18. The van der Waals surface area contributed by atoms with Gasteiger partial charge in [-0.2, -0.15) is 0 Å². The maximum absolute atomic E-state index is 2.47. The molecule has 2 heteroatoms. The number of hydrogen-bond acceptors (Lipinski definition) is 2. The first-order valence-corrected chi connectivity index (χ1v) is 7.04. The van der Waals surface area contributed by atoms with E-state index in [4.69, 9.17) is 0 Å². The zero-order valence-electron chi connectivity index (χ0n) is 12.2. The molecule has 1 unspecified atom stereocenters. The smallest absolute Gasteiger partial charge is 0.0472 e. The average molecular weight is 246 g/mol. The lowest BCUT2D eigenvalue weighted by molar-refractivity contribution is 0.115. The highest BCUT2D eigenvalue weighted by molar-refractivity contribution is 5.26. The molecule has 1 aliphatic heterocycles. The molecule has 100 valence electrons. The third-order valence-electron chi connectivity index (χ3n) is 3.86. The van der Waals surface area contributed by atoms with Crippen LogP contribution < -0.4 is 0 Å². The Kier molecular flexibility index (Phi) is 4.41. The lowest BCUT2D eigenvalue weighted by Crippen LogP contribution is -2.44. The largest absolute Gasteiger partial charge is 0.303 e. The lowest BCUT2D eigenvalue weighted by Gasteiger charge is -2.38. The summed E-state index contributed by atoms with van der Waals surface area (Å²) in [6, 6.07) is 9.79. The molecule has 0 spiro atoms. The molecule has 1 heterocycles. The van der Waals surface area contributed by atoms with E-state index < -0.39 is 0 Å². The summed E-state index contributed by atoms with van der Waals surface area (Å²) < 4.78 is 0. The molecule has 18 heavy (non-hydrogen) atoms. The van der Waals surface area contributed by atoms with E-state index in [0.29, 0.717) is 6.04 Å². The van der Waals surface area contributed by atoms with Crippen LogP contribution in [0.1, 0.15) is 31.0 Å². The monoisotopic (exact) mass is 246 g/mol. The molecule has 1 saturated heterocycles. The molecule has 0 saturated carbocycles. The number of rotatable bonds is 3.